The highest BCUT2D eigenvalue weighted by molar-refractivity contribution is 7.22. The Bertz CT molecular complexity index is 1150. The molecule has 142 valence electrons. The van der Waals surface area contributed by atoms with E-state index in [1.165, 1.54) is 28.4 Å². The van der Waals surface area contributed by atoms with Crippen molar-refractivity contribution < 1.29 is 14.1 Å². The van der Waals surface area contributed by atoms with Crippen molar-refractivity contribution in [2.75, 3.05) is 32.1 Å². The van der Waals surface area contributed by atoms with Crippen molar-refractivity contribution in [3.8, 4) is 0 Å². The quantitative estimate of drug-likeness (QED) is 0.564. The smallest absolute Gasteiger partial charge is 0.260 e. The molecule has 1 heterocycles. The first kappa shape index (κ1) is 18.5. The van der Waals surface area contributed by atoms with Gasteiger partial charge in [-0.2, -0.15) is 0 Å². The average molecular weight is 394 g/mol. The largest absolute Gasteiger partial charge is 0.338 e. The fourth-order valence-electron chi connectivity index (χ4n) is 3.10. The molecule has 3 aromatic carbocycles. The van der Waals surface area contributed by atoms with E-state index in [0.29, 0.717) is 22.8 Å². The highest BCUT2D eigenvalue weighted by Crippen LogP contribution is 2.30. The Balaban J connectivity index is 1.73. The summed E-state index contributed by atoms with van der Waals surface area (Å²) >= 11 is 1.34. The maximum absolute atomic E-state index is 13.6. The van der Waals surface area contributed by atoms with Crippen LogP contribution < -0.4 is 9.80 Å². The predicted octanol–water partition coefficient (Wildman–Crippen LogP) is 3.38. The van der Waals surface area contributed by atoms with Gasteiger partial charge < -0.3 is 4.90 Å². The summed E-state index contributed by atoms with van der Waals surface area (Å²) in [5.74, 6) is -0.389. The summed E-state index contributed by atoms with van der Waals surface area (Å²) in [5, 5.41) is 2.72. The van der Waals surface area contributed by atoms with Crippen molar-refractivity contribution in [3.63, 3.8) is 0 Å². The van der Waals surface area contributed by atoms with Crippen LogP contribution in [-0.2, 0) is 0 Å². The third-order valence-electron chi connectivity index (χ3n) is 4.65. The fraction of sp³-hybridized carbons (Fsp3) is 0.182. The van der Waals surface area contributed by atoms with Gasteiger partial charge in [0.25, 0.3) is 5.91 Å². The van der Waals surface area contributed by atoms with E-state index in [9.17, 15) is 9.18 Å². The molecule has 0 aliphatic heterocycles. The number of amides is 1. The second-order valence-corrected chi connectivity index (χ2v) is 8.09. The molecule has 0 aliphatic carbocycles. The van der Waals surface area contributed by atoms with Gasteiger partial charge in [-0.05, 0) is 41.1 Å². The van der Waals surface area contributed by atoms with Crippen LogP contribution >= 0.6 is 11.3 Å². The zero-order chi connectivity index (χ0) is 19.7. The monoisotopic (exact) mass is 394 g/mol. The van der Waals surface area contributed by atoms with Gasteiger partial charge in [0.15, 0.2) is 5.13 Å². The minimum absolute atomic E-state index is 0.0912. The van der Waals surface area contributed by atoms with Gasteiger partial charge in [0, 0.05) is 5.56 Å². The van der Waals surface area contributed by atoms with E-state index in [1.54, 1.807) is 11.0 Å². The Kier molecular flexibility index (Phi) is 5.07. The molecule has 0 atom stereocenters. The van der Waals surface area contributed by atoms with Crippen molar-refractivity contribution in [2.24, 2.45) is 0 Å². The zero-order valence-corrected chi connectivity index (χ0v) is 16.6. The van der Waals surface area contributed by atoms with Crippen molar-refractivity contribution in [2.45, 2.75) is 0 Å². The first-order valence-corrected chi connectivity index (χ1v) is 9.99. The Morgan fingerprint density at radius 3 is 2.64 bits per heavy atom. The Labute approximate surface area is 166 Å². The molecule has 4 rings (SSSR count). The first-order chi connectivity index (χ1) is 13.5. The van der Waals surface area contributed by atoms with Gasteiger partial charge in [-0.3, -0.25) is 9.69 Å². The lowest BCUT2D eigenvalue weighted by molar-refractivity contribution is -0.856. The number of fused-ring (bicyclic) bond motifs is 2. The van der Waals surface area contributed by atoms with E-state index in [-0.39, 0.29) is 11.7 Å². The van der Waals surface area contributed by atoms with Gasteiger partial charge in [-0.15, -0.1) is 0 Å². The van der Waals surface area contributed by atoms with E-state index in [2.05, 4.69) is 4.98 Å². The van der Waals surface area contributed by atoms with E-state index >= 15 is 0 Å². The number of nitrogens with one attached hydrogen (secondary N) is 1. The standard InChI is InChI=1S/C22H20FN3OS/c1-25(2)11-12-26(22-24-19-10-9-18(23)14-20(19)28-22)21(27)17-8-7-15-5-3-4-6-16(15)13-17/h3-10,13-14H,11-12H2,1-2H3/p+1. The number of quaternary nitrogens is 1. The Hall–Kier alpha value is -2.83. The second kappa shape index (κ2) is 7.66. The zero-order valence-electron chi connectivity index (χ0n) is 15.8. The van der Waals surface area contributed by atoms with Gasteiger partial charge in [0.2, 0.25) is 0 Å². The summed E-state index contributed by atoms with van der Waals surface area (Å²) < 4.78 is 14.3. The van der Waals surface area contributed by atoms with Gasteiger partial charge >= 0.3 is 0 Å². The number of thiazole rings is 1. The topological polar surface area (TPSA) is 37.6 Å². The summed E-state index contributed by atoms with van der Waals surface area (Å²) in [6.45, 7) is 1.32. The molecule has 4 aromatic rings. The summed E-state index contributed by atoms with van der Waals surface area (Å²) in [6.07, 6.45) is 0. The number of anilines is 1. The highest BCUT2D eigenvalue weighted by atomic mass is 32.1. The number of carbonyl (C=O) groups is 1. The van der Waals surface area contributed by atoms with Crippen LogP contribution in [0.15, 0.2) is 60.7 Å². The number of benzene rings is 3. The van der Waals surface area contributed by atoms with E-state index in [4.69, 9.17) is 0 Å². The SMILES string of the molecule is C[NH+](C)CCN(C(=O)c1ccc2ccccc2c1)c1nc2ccc(F)cc2s1. The molecule has 1 N–H and O–H groups in total. The molecule has 0 bridgehead atoms. The maximum atomic E-state index is 13.6. The number of halogens is 1. The molecule has 4 nitrogen and oxygen atoms in total. The lowest BCUT2D eigenvalue weighted by Gasteiger charge is -2.21. The fourth-order valence-corrected chi connectivity index (χ4v) is 4.11. The van der Waals surface area contributed by atoms with Crippen molar-refractivity contribution in [3.05, 3.63) is 72.0 Å². The van der Waals surface area contributed by atoms with Crippen LogP contribution in [0.2, 0.25) is 0 Å². The number of hydrogen-bond acceptors (Lipinski definition) is 3. The molecule has 0 radical (unpaired) electrons. The van der Waals surface area contributed by atoms with E-state index in [1.807, 2.05) is 56.6 Å². The molecular weight excluding hydrogens is 373 g/mol. The summed E-state index contributed by atoms with van der Waals surface area (Å²) in [7, 11) is 4.10. The number of nitrogens with zero attached hydrogens (tertiary/aromatic N) is 2. The molecule has 28 heavy (non-hydrogen) atoms. The molecule has 0 aliphatic rings. The summed E-state index contributed by atoms with van der Waals surface area (Å²) in [6, 6.07) is 18.2. The minimum Gasteiger partial charge on any atom is -0.338 e. The molecule has 0 saturated carbocycles. The number of rotatable bonds is 5. The first-order valence-electron chi connectivity index (χ1n) is 9.17. The van der Waals surface area contributed by atoms with Crippen LogP contribution in [0.25, 0.3) is 21.0 Å². The minimum atomic E-state index is -0.298. The van der Waals surface area contributed by atoms with Crippen LogP contribution in [0.5, 0.6) is 0 Å². The molecule has 0 fully saturated rings. The molecular formula is C22H21FN3OS+. The van der Waals surface area contributed by atoms with E-state index in [0.717, 1.165) is 22.0 Å². The van der Waals surface area contributed by atoms with Crippen LogP contribution in [0.3, 0.4) is 0 Å². The van der Waals surface area contributed by atoms with Crippen LogP contribution in [0.1, 0.15) is 10.4 Å². The van der Waals surface area contributed by atoms with Gasteiger partial charge in [-0.1, -0.05) is 41.7 Å². The molecule has 1 amide bonds. The third kappa shape index (κ3) is 3.74. The lowest BCUT2D eigenvalue weighted by atomic mass is 10.1. The molecule has 6 heteroatoms. The normalized spacial score (nSPS) is 11.4. The molecule has 0 spiro atoms. The van der Waals surface area contributed by atoms with E-state index < -0.39 is 0 Å². The van der Waals surface area contributed by atoms with Crippen molar-refractivity contribution in [1.82, 2.24) is 4.98 Å². The van der Waals surface area contributed by atoms with Gasteiger partial charge in [-0.25, -0.2) is 9.37 Å². The van der Waals surface area contributed by atoms with Crippen LogP contribution in [0.4, 0.5) is 9.52 Å². The van der Waals surface area contributed by atoms with Gasteiger partial charge in [0.1, 0.15) is 5.82 Å². The Morgan fingerprint density at radius 1 is 1.07 bits per heavy atom. The van der Waals surface area contributed by atoms with Crippen molar-refractivity contribution >= 4 is 43.4 Å². The van der Waals surface area contributed by atoms with Gasteiger partial charge in [0.05, 0.1) is 37.4 Å². The summed E-state index contributed by atoms with van der Waals surface area (Å²) in [5.41, 5.74) is 1.33. The highest BCUT2D eigenvalue weighted by Gasteiger charge is 2.22. The Morgan fingerprint density at radius 2 is 1.86 bits per heavy atom. The number of aromatic nitrogens is 1. The molecule has 0 saturated heterocycles. The third-order valence-corrected chi connectivity index (χ3v) is 5.69. The lowest BCUT2D eigenvalue weighted by Crippen LogP contribution is -3.06. The molecule has 1 aromatic heterocycles. The maximum Gasteiger partial charge on any atom is 0.260 e. The van der Waals surface area contributed by atoms with Crippen molar-refractivity contribution in [1.29, 1.82) is 0 Å². The predicted molar refractivity (Wildman–Crippen MR) is 113 cm³/mol. The average Bonchev–Trinajstić information content (AvgIpc) is 3.10. The second-order valence-electron chi connectivity index (χ2n) is 7.08. The number of hydrogen-bond donors (Lipinski definition) is 1. The van der Waals surface area contributed by atoms with Crippen LogP contribution in [-0.4, -0.2) is 38.1 Å². The number of likely N-dealkylation sites (N-methyl/N-ethyl adjacent to an activating group) is 1. The number of carbonyl (C=O) groups excluding carboxylic acids is 1. The summed E-state index contributed by atoms with van der Waals surface area (Å²) in [4.78, 5) is 20.9. The van der Waals surface area contributed by atoms with Crippen LogP contribution in [0, 0.1) is 5.82 Å². The molecule has 0 unspecified atom stereocenters.